The number of phenols is 1. The van der Waals surface area contributed by atoms with Crippen LogP contribution in [-0.4, -0.2) is 29.6 Å². The molecule has 0 spiro atoms. The number of hydrogen-bond acceptors (Lipinski definition) is 3. The van der Waals surface area contributed by atoms with E-state index in [1.165, 1.54) is 12.1 Å². The first-order chi connectivity index (χ1) is 8.58. The van der Waals surface area contributed by atoms with Gasteiger partial charge in [0, 0.05) is 18.2 Å². The highest BCUT2D eigenvalue weighted by molar-refractivity contribution is 5.94. The Hall–Kier alpha value is -1.62. The van der Waals surface area contributed by atoms with E-state index < -0.39 is 11.7 Å². The Balaban J connectivity index is 2.07. The van der Waals surface area contributed by atoms with E-state index in [-0.39, 0.29) is 23.4 Å². The monoisotopic (exact) mass is 252 g/mol. The van der Waals surface area contributed by atoms with Crippen LogP contribution in [0.5, 0.6) is 5.75 Å². The number of benzene rings is 1. The molecule has 0 saturated carbocycles. The van der Waals surface area contributed by atoms with E-state index in [9.17, 15) is 9.18 Å². The average Bonchev–Trinajstić information content (AvgIpc) is 2.32. The molecule has 1 aliphatic rings. The largest absolute Gasteiger partial charge is 0.508 e. The zero-order chi connectivity index (χ0) is 13.1. The molecular weight excluding hydrogens is 235 g/mol. The van der Waals surface area contributed by atoms with Crippen molar-refractivity contribution < 1.29 is 14.3 Å². The lowest BCUT2D eigenvalue weighted by atomic mass is 9.99. The van der Waals surface area contributed by atoms with E-state index in [1.54, 1.807) is 0 Å². The van der Waals surface area contributed by atoms with Crippen LogP contribution in [0, 0.1) is 5.82 Å². The maximum absolute atomic E-state index is 13.5. The Bertz CT molecular complexity index is 451. The maximum Gasteiger partial charge on any atom is 0.254 e. The predicted molar refractivity (Wildman–Crippen MR) is 66.0 cm³/mol. The fourth-order valence-corrected chi connectivity index (χ4v) is 2.18. The van der Waals surface area contributed by atoms with E-state index >= 15 is 0 Å². The first-order valence-electron chi connectivity index (χ1n) is 6.10. The summed E-state index contributed by atoms with van der Waals surface area (Å²) in [7, 11) is 0. The molecule has 18 heavy (non-hydrogen) atoms. The van der Waals surface area contributed by atoms with Gasteiger partial charge in [0.15, 0.2) is 0 Å². The summed E-state index contributed by atoms with van der Waals surface area (Å²) in [6, 6.07) is 3.74. The van der Waals surface area contributed by atoms with E-state index in [0.29, 0.717) is 0 Å². The second-order valence-corrected chi connectivity index (χ2v) is 4.63. The second kappa shape index (κ2) is 5.35. The molecule has 1 saturated heterocycles. The van der Waals surface area contributed by atoms with Crippen molar-refractivity contribution in [3.63, 3.8) is 0 Å². The molecule has 2 rings (SSSR count). The third-order valence-corrected chi connectivity index (χ3v) is 3.28. The van der Waals surface area contributed by atoms with Crippen LogP contribution in [0.4, 0.5) is 4.39 Å². The molecule has 1 aromatic carbocycles. The number of amides is 1. The van der Waals surface area contributed by atoms with Crippen molar-refractivity contribution in [1.82, 2.24) is 10.6 Å². The number of nitrogens with one attached hydrogen (secondary N) is 2. The van der Waals surface area contributed by atoms with Gasteiger partial charge >= 0.3 is 0 Å². The molecular formula is C13H17FN2O2. The lowest BCUT2D eigenvalue weighted by Crippen LogP contribution is -2.52. The number of carbonyl (C=O) groups is 1. The maximum atomic E-state index is 13.5. The van der Waals surface area contributed by atoms with Gasteiger partial charge in [-0.2, -0.15) is 0 Å². The summed E-state index contributed by atoms with van der Waals surface area (Å²) in [5, 5.41) is 15.2. The Kier molecular flexibility index (Phi) is 3.81. The Morgan fingerprint density at radius 1 is 1.56 bits per heavy atom. The molecule has 0 aromatic heterocycles. The first-order valence-corrected chi connectivity index (χ1v) is 6.10. The molecule has 0 aliphatic carbocycles. The molecule has 0 bridgehead atoms. The second-order valence-electron chi connectivity index (χ2n) is 4.63. The van der Waals surface area contributed by atoms with Crippen molar-refractivity contribution in [3.8, 4) is 5.75 Å². The normalized spacial score (nSPS) is 23.7. The van der Waals surface area contributed by atoms with Crippen molar-refractivity contribution in [2.45, 2.75) is 31.8 Å². The molecule has 3 N–H and O–H groups in total. The summed E-state index contributed by atoms with van der Waals surface area (Å²) < 4.78 is 13.5. The molecule has 1 aliphatic heterocycles. The van der Waals surface area contributed by atoms with Crippen LogP contribution in [0.15, 0.2) is 18.2 Å². The summed E-state index contributed by atoms with van der Waals surface area (Å²) >= 11 is 0. The molecule has 2 unspecified atom stereocenters. The van der Waals surface area contributed by atoms with Crippen LogP contribution in [-0.2, 0) is 0 Å². The van der Waals surface area contributed by atoms with E-state index in [4.69, 9.17) is 5.11 Å². The van der Waals surface area contributed by atoms with Gasteiger partial charge in [-0.3, -0.25) is 4.79 Å². The molecule has 0 radical (unpaired) electrons. The summed E-state index contributed by atoms with van der Waals surface area (Å²) in [5.74, 6) is -1.33. The summed E-state index contributed by atoms with van der Waals surface area (Å²) in [6.07, 6.45) is 1.88. The van der Waals surface area contributed by atoms with E-state index in [0.717, 1.165) is 25.5 Å². The minimum Gasteiger partial charge on any atom is -0.508 e. The summed E-state index contributed by atoms with van der Waals surface area (Å²) in [6.45, 7) is 2.94. The number of piperidine rings is 1. The third kappa shape index (κ3) is 2.79. The number of carbonyl (C=O) groups excluding carboxylic acids is 1. The molecule has 98 valence electrons. The zero-order valence-electron chi connectivity index (χ0n) is 10.2. The van der Waals surface area contributed by atoms with Gasteiger partial charge in [-0.05, 0) is 38.4 Å². The van der Waals surface area contributed by atoms with Gasteiger partial charge in [0.2, 0.25) is 0 Å². The summed E-state index contributed by atoms with van der Waals surface area (Å²) in [4.78, 5) is 11.9. The lowest BCUT2D eigenvalue weighted by Gasteiger charge is -2.30. The fraction of sp³-hybridized carbons (Fsp3) is 0.462. The topological polar surface area (TPSA) is 61.4 Å². The van der Waals surface area contributed by atoms with Crippen LogP contribution >= 0.6 is 0 Å². The number of halogens is 1. The van der Waals surface area contributed by atoms with Gasteiger partial charge < -0.3 is 15.7 Å². The Morgan fingerprint density at radius 3 is 3.00 bits per heavy atom. The lowest BCUT2D eigenvalue weighted by molar-refractivity contribution is 0.0915. The van der Waals surface area contributed by atoms with Gasteiger partial charge in [0.1, 0.15) is 11.6 Å². The van der Waals surface area contributed by atoms with Gasteiger partial charge in [-0.15, -0.1) is 0 Å². The van der Waals surface area contributed by atoms with Crippen molar-refractivity contribution in [2.24, 2.45) is 0 Å². The molecule has 1 aromatic rings. The van der Waals surface area contributed by atoms with Crippen LogP contribution in [0.25, 0.3) is 0 Å². The fourth-order valence-electron chi connectivity index (χ4n) is 2.18. The van der Waals surface area contributed by atoms with Crippen molar-refractivity contribution in [3.05, 3.63) is 29.6 Å². The number of rotatable bonds is 2. The minimum absolute atomic E-state index is 0.0134. The molecule has 1 heterocycles. The standard InChI is InChI=1S/C13H17FN2O2/c1-8-12(3-2-6-15-8)16-13(18)10-5-4-9(17)7-11(10)14/h4-5,7-8,12,15,17H,2-3,6H2,1H3,(H,16,18). The smallest absolute Gasteiger partial charge is 0.254 e. The minimum atomic E-state index is -0.705. The van der Waals surface area contributed by atoms with Gasteiger partial charge in [0.05, 0.1) is 5.56 Å². The number of hydrogen-bond donors (Lipinski definition) is 3. The summed E-state index contributed by atoms with van der Waals surface area (Å²) in [5.41, 5.74) is -0.0365. The molecule has 1 amide bonds. The van der Waals surface area contributed by atoms with Crippen LogP contribution in [0.1, 0.15) is 30.1 Å². The SMILES string of the molecule is CC1NCCCC1NC(=O)c1ccc(O)cc1F. The van der Waals surface area contributed by atoms with Crippen LogP contribution in [0.3, 0.4) is 0 Å². The molecule has 2 atom stereocenters. The molecule has 5 heteroatoms. The van der Waals surface area contributed by atoms with Gasteiger partial charge in [-0.1, -0.05) is 0 Å². The zero-order valence-corrected chi connectivity index (χ0v) is 10.2. The number of phenolic OH excluding ortho intramolecular Hbond substituents is 1. The van der Waals surface area contributed by atoms with Crippen molar-refractivity contribution in [2.75, 3.05) is 6.54 Å². The van der Waals surface area contributed by atoms with E-state index in [2.05, 4.69) is 10.6 Å². The van der Waals surface area contributed by atoms with Crippen LogP contribution in [0.2, 0.25) is 0 Å². The van der Waals surface area contributed by atoms with Crippen LogP contribution < -0.4 is 10.6 Å². The quantitative estimate of drug-likeness (QED) is 0.745. The molecule has 1 fully saturated rings. The highest BCUT2D eigenvalue weighted by atomic mass is 19.1. The third-order valence-electron chi connectivity index (χ3n) is 3.28. The van der Waals surface area contributed by atoms with Crippen molar-refractivity contribution >= 4 is 5.91 Å². The average molecular weight is 252 g/mol. The van der Waals surface area contributed by atoms with Gasteiger partial charge in [-0.25, -0.2) is 4.39 Å². The number of aromatic hydroxyl groups is 1. The first kappa shape index (κ1) is 12.8. The Morgan fingerprint density at radius 2 is 2.33 bits per heavy atom. The highest BCUT2D eigenvalue weighted by Crippen LogP contribution is 2.16. The van der Waals surface area contributed by atoms with Crippen molar-refractivity contribution in [1.29, 1.82) is 0 Å². The molecule has 4 nitrogen and oxygen atoms in total. The highest BCUT2D eigenvalue weighted by Gasteiger charge is 2.23. The Labute approximate surface area is 105 Å². The van der Waals surface area contributed by atoms with Gasteiger partial charge in [0.25, 0.3) is 5.91 Å². The van der Waals surface area contributed by atoms with E-state index in [1.807, 2.05) is 6.92 Å². The predicted octanol–water partition coefficient (Wildman–Crippen LogP) is 1.40.